The molecule has 2 aromatic rings. The summed E-state index contributed by atoms with van der Waals surface area (Å²) in [6.07, 6.45) is 2.83. The number of carbonyl (C=O) groups is 2. The monoisotopic (exact) mass is 375 g/mol. The number of nitrogens with one attached hydrogen (secondary N) is 1. The molecule has 0 saturated carbocycles. The van der Waals surface area contributed by atoms with Crippen LogP contribution in [0.2, 0.25) is 10.0 Å². The van der Waals surface area contributed by atoms with E-state index < -0.39 is 0 Å². The summed E-state index contributed by atoms with van der Waals surface area (Å²) >= 11 is 11.9. The van der Waals surface area contributed by atoms with Crippen LogP contribution in [0, 0.1) is 0 Å². The molecule has 1 fully saturated rings. The summed E-state index contributed by atoms with van der Waals surface area (Å²) in [4.78, 5) is 25.7. The van der Waals surface area contributed by atoms with Crippen molar-refractivity contribution in [2.24, 2.45) is 5.10 Å². The topological polar surface area (TPSA) is 61.8 Å². The maximum Gasteiger partial charge on any atom is 0.271 e. The normalized spacial score (nSPS) is 14.3. The Hall–Kier alpha value is -2.37. The molecule has 0 aliphatic carbocycles. The lowest BCUT2D eigenvalue weighted by molar-refractivity contribution is -0.117. The van der Waals surface area contributed by atoms with Gasteiger partial charge in [0.25, 0.3) is 5.91 Å². The molecule has 1 saturated heterocycles. The van der Waals surface area contributed by atoms with Crippen molar-refractivity contribution in [1.29, 1.82) is 0 Å². The molecule has 1 aliphatic rings. The first-order chi connectivity index (χ1) is 12.0. The summed E-state index contributed by atoms with van der Waals surface area (Å²) in [6, 6.07) is 11.9. The molecule has 7 heteroatoms. The van der Waals surface area contributed by atoms with Crippen molar-refractivity contribution in [3.05, 3.63) is 63.6 Å². The Morgan fingerprint density at radius 2 is 2.04 bits per heavy atom. The number of amides is 2. The lowest BCUT2D eigenvalue weighted by atomic mass is 10.2. The predicted octanol–water partition coefficient (Wildman–Crippen LogP) is 3.88. The van der Waals surface area contributed by atoms with Gasteiger partial charge in [-0.15, -0.1) is 0 Å². The highest BCUT2D eigenvalue weighted by molar-refractivity contribution is 6.36. The SMILES string of the molecule is O=C(N/N=C/c1ccc(Cl)cc1Cl)c1cccc(N2CCCC2=O)c1. The van der Waals surface area contributed by atoms with Gasteiger partial charge >= 0.3 is 0 Å². The van der Waals surface area contributed by atoms with E-state index in [1.807, 2.05) is 6.07 Å². The largest absolute Gasteiger partial charge is 0.312 e. The van der Waals surface area contributed by atoms with Crippen molar-refractivity contribution < 1.29 is 9.59 Å². The summed E-state index contributed by atoms with van der Waals surface area (Å²) in [5.74, 6) is -0.289. The third-order valence-corrected chi connectivity index (χ3v) is 4.39. The van der Waals surface area contributed by atoms with Gasteiger partial charge in [-0.25, -0.2) is 5.43 Å². The van der Waals surface area contributed by atoms with E-state index in [1.54, 1.807) is 41.3 Å². The van der Waals surface area contributed by atoms with Crippen LogP contribution in [0.15, 0.2) is 47.6 Å². The van der Waals surface area contributed by atoms with Gasteiger partial charge in [0.15, 0.2) is 0 Å². The van der Waals surface area contributed by atoms with Crippen molar-refractivity contribution in [3.63, 3.8) is 0 Å². The van der Waals surface area contributed by atoms with Crippen molar-refractivity contribution in [3.8, 4) is 0 Å². The Labute approximate surface area is 155 Å². The molecule has 1 N–H and O–H groups in total. The van der Waals surface area contributed by atoms with Gasteiger partial charge in [-0.05, 0) is 36.8 Å². The van der Waals surface area contributed by atoms with Crippen LogP contribution in [-0.4, -0.2) is 24.6 Å². The van der Waals surface area contributed by atoms with Crippen LogP contribution in [0.4, 0.5) is 5.69 Å². The molecule has 0 spiro atoms. The second kappa shape index (κ2) is 7.68. The Kier molecular flexibility index (Phi) is 5.36. The van der Waals surface area contributed by atoms with Crippen LogP contribution < -0.4 is 10.3 Å². The van der Waals surface area contributed by atoms with Crippen LogP contribution in [0.1, 0.15) is 28.8 Å². The number of benzene rings is 2. The van der Waals surface area contributed by atoms with Gasteiger partial charge in [0, 0.05) is 34.8 Å². The number of rotatable bonds is 4. The van der Waals surface area contributed by atoms with Gasteiger partial charge in [0.05, 0.1) is 11.2 Å². The Balaban J connectivity index is 1.69. The maximum atomic E-state index is 12.2. The van der Waals surface area contributed by atoms with Crippen LogP contribution in [0.5, 0.6) is 0 Å². The molecule has 2 amide bonds. The molecule has 1 aliphatic heterocycles. The quantitative estimate of drug-likeness (QED) is 0.650. The van der Waals surface area contributed by atoms with E-state index in [4.69, 9.17) is 23.2 Å². The van der Waals surface area contributed by atoms with Crippen LogP contribution in [0.25, 0.3) is 0 Å². The van der Waals surface area contributed by atoms with E-state index in [9.17, 15) is 9.59 Å². The summed E-state index contributed by atoms with van der Waals surface area (Å²) in [7, 11) is 0. The molecule has 1 heterocycles. The number of hydrogen-bond acceptors (Lipinski definition) is 3. The summed E-state index contributed by atoms with van der Waals surface area (Å²) in [5, 5.41) is 4.89. The summed E-state index contributed by atoms with van der Waals surface area (Å²) < 4.78 is 0. The molecule has 0 unspecified atom stereocenters. The molecule has 25 heavy (non-hydrogen) atoms. The van der Waals surface area contributed by atoms with E-state index in [-0.39, 0.29) is 11.8 Å². The van der Waals surface area contributed by atoms with Crippen molar-refractivity contribution >= 4 is 46.9 Å². The highest BCUT2D eigenvalue weighted by Gasteiger charge is 2.22. The third kappa shape index (κ3) is 4.18. The second-order valence-corrected chi connectivity index (χ2v) is 6.41. The molecule has 5 nitrogen and oxygen atoms in total. The molecular weight excluding hydrogens is 361 g/mol. The number of halogens is 2. The zero-order valence-electron chi connectivity index (χ0n) is 13.2. The van der Waals surface area contributed by atoms with Crippen molar-refractivity contribution in [2.45, 2.75) is 12.8 Å². The smallest absolute Gasteiger partial charge is 0.271 e. The fourth-order valence-electron chi connectivity index (χ4n) is 2.57. The number of anilines is 1. The van der Waals surface area contributed by atoms with E-state index in [0.717, 1.165) is 12.1 Å². The molecule has 128 valence electrons. The zero-order valence-corrected chi connectivity index (χ0v) is 14.7. The number of carbonyl (C=O) groups excluding carboxylic acids is 2. The van der Waals surface area contributed by atoms with Crippen molar-refractivity contribution in [2.75, 3.05) is 11.4 Å². The molecule has 3 rings (SSSR count). The van der Waals surface area contributed by atoms with Crippen LogP contribution in [-0.2, 0) is 4.79 Å². The lowest BCUT2D eigenvalue weighted by Gasteiger charge is -2.16. The highest BCUT2D eigenvalue weighted by Crippen LogP contribution is 2.22. The fourth-order valence-corrected chi connectivity index (χ4v) is 3.02. The average molecular weight is 376 g/mol. The fraction of sp³-hybridized carbons (Fsp3) is 0.167. The lowest BCUT2D eigenvalue weighted by Crippen LogP contribution is -2.24. The molecule has 0 aromatic heterocycles. The Morgan fingerprint density at radius 3 is 2.76 bits per heavy atom. The minimum atomic E-state index is -0.366. The number of nitrogens with zero attached hydrogens (tertiary/aromatic N) is 2. The molecule has 0 bridgehead atoms. The zero-order chi connectivity index (χ0) is 17.8. The maximum absolute atomic E-state index is 12.2. The first-order valence-corrected chi connectivity index (χ1v) is 8.49. The van der Waals surface area contributed by atoms with E-state index in [0.29, 0.717) is 34.1 Å². The molecule has 0 radical (unpaired) electrons. The predicted molar refractivity (Wildman–Crippen MR) is 99.6 cm³/mol. The van der Waals surface area contributed by atoms with Gasteiger partial charge in [0.1, 0.15) is 0 Å². The Morgan fingerprint density at radius 1 is 1.20 bits per heavy atom. The van der Waals surface area contributed by atoms with E-state index >= 15 is 0 Å². The average Bonchev–Trinajstić information content (AvgIpc) is 3.03. The minimum absolute atomic E-state index is 0.0768. The molecule has 2 aromatic carbocycles. The van der Waals surface area contributed by atoms with Crippen LogP contribution >= 0.6 is 23.2 Å². The van der Waals surface area contributed by atoms with Gasteiger partial charge in [-0.1, -0.05) is 35.3 Å². The van der Waals surface area contributed by atoms with E-state index in [1.165, 1.54) is 6.21 Å². The van der Waals surface area contributed by atoms with Gasteiger partial charge in [0.2, 0.25) is 5.91 Å². The van der Waals surface area contributed by atoms with Gasteiger partial charge in [-0.3, -0.25) is 9.59 Å². The number of hydrazone groups is 1. The van der Waals surface area contributed by atoms with Crippen molar-refractivity contribution in [1.82, 2.24) is 5.43 Å². The Bertz CT molecular complexity index is 852. The first kappa shape index (κ1) is 17.5. The molecule has 0 atom stereocenters. The second-order valence-electron chi connectivity index (χ2n) is 5.56. The summed E-state index contributed by atoms with van der Waals surface area (Å²) in [5.41, 5.74) is 4.24. The van der Waals surface area contributed by atoms with E-state index in [2.05, 4.69) is 10.5 Å². The van der Waals surface area contributed by atoms with Gasteiger partial charge in [-0.2, -0.15) is 5.10 Å². The standard InChI is InChI=1S/C18H15Cl2N3O2/c19-14-7-6-13(16(20)10-14)11-21-22-18(25)12-3-1-4-15(9-12)23-8-2-5-17(23)24/h1,3-4,6-7,9-11H,2,5,8H2,(H,22,25)/b21-11+. The third-order valence-electron chi connectivity index (χ3n) is 3.83. The highest BCUT2D eigenvalue weighted by atomic mass is 35.5. The van der Waals surface area contributed by atoms with Gasteiger partial charge < -0.3 is 4.90 Å². The molecular formula is C18H15Cl2N3O2. The number of hydrogen-bond donors (Lipinski definition) is 1. The first-order valence-electron chi connectivity index (χ1n) is 7.73. The summed E-state index contributed by atoms with van der Waals surface area (Å²) in [6.45, 7) is 0.678. The van der Waals surface area contributed by atoms with Crippen LogP contribution in [0.3, 0.4) is 0 Å². The minimum Gasteiger partial charge on any atom is -0.312 e.